The molecule has 0 bridgehead atoms. The number of aromatic carboxylic acids is 1. The van der Waals surface area contributed by atoms with Gasteiger partial charge in [0.25, 0.3) is 0 Å². The number of hydrogen-bond donors (Lipinski definition) is 2. The number of hydrogen-bond acceptors (Lipinski definition) is 2. The molecule has 0 aliphatic carbocycles. The van der Waals surface area contributed by atoms with Gasteiger partial charge >= 0.3 is 5.97 Å². The average molecular weight is 245 g/mol. The molecule has 3 nitrogen and oxygen atoms in total. The second kappa shape index (κ2) is 4.87. The smallest absolute Gasteiger partial charge is 0.340 e. The third-order valence-electron chi connectivity index (χ3n) is 2.52. The van der Waals surface area contributed by atoms with E-state index in [1.165, 1.54) is 12.1 Å². The van der Waals surface area contributed by atoms with Gasteiger partial charge in [0.05, 0.1) is 5.69 Å². The minimum Gasteiger partial charge on any atom is -0.478 e. The Bertz CT molecular complexity index is 596. The molecule has 2 rings (SSSR count). The lowest BCUT2D eigenvalue weighted by atomic mass is 10.1. The van der Waals surface area contributed by atoms with Crippen molar-refractivity contribution in [3.8, 4) is 0 Å². The number of halogens is 1. The molecule has 0 aliphatic rings. The molecule has 92 valence electrons. The molecule has 0 saturated heterocycles. The van der Waals surface area contributed by atoms with Gasteiger partial charge in [-0.25, -0.2) is 9.18 Å². The van der Waals surface area contributed by atoms with E-state index < -0.39 is 11.8 Å². The summed E-state index contributed by atoms with van der Waals surface area (Å²) in [4.78, 5) is 11.0. The number of aryl methyl sites for hydroxylation is 1. The number of carbonyl (C=O) groups is 1. The maximum Gasteiger partial charge on any atom is 0.340 e. The summed E-state index contributed by atoms with van der Waals surface area (Å²) in [7, 11) is 0. The van der Waals surface area contributed by atoms with Crippen molar-refractivity contribution in [2.75, 3.05) is 5.32 Å². The first-order chi connectivity index (χ1) is 8.58. The fourth-order valence-electron chi connectivity index (χ4n) is 1.72. The average Bonchev–Trinajstić information content (AvgIpc) is 2.28. The molecule has 2 N–H and O–H groups in total. The third kappa shape index (κ3) is 2.48. The Kier molecular flexibility index (Phi) is 3.28. The van der Waals surface area contributed by atoms with Crippen molar-refractivity contribution in [3.05, 3.63) is 59.4 Å². The van der Waals surface area contributed by atoms with Crippen LogP contribution in [0.1, 0.15) is 15.9 Å². The summed E-state index contributed by atoms with van der Waals surface area (Å²) >= 11 is 0. The van der Waals surface area contributed by atoms with Gasteiger partial charge in [0, 0.05) is 5.69 Å². The highest BCUT2D eigenvalue weighted by Gasteiger charge is 2.15. The SMILES string of the molecule is Cc1cccc(Nc2cccc(F)c2C(=O)O)c1. The summed E-state index contributed by atoms with van der Waals surface area (Å²) in [6.07, 6.45) is 0. The van der Waals surface area contributed by atoms with Crippen molar-refractivity contribution >= 4 is 17.3 Å². The van der Waals surface area contributed by atoms with Gasteiger partial charge in [0.15, 0.2) is 0 Å². The zero-order valence-electron chi connectivity index (χ0n) is 9.77. The summed E-state index contributed by atoms with van der Waals surface area (Å²) in [6, 6.07) is 11.6. The van der Waals surface area contributed by atoms with E-state index >= 15 is 0 Å². The molecule has 0 aliphatic heterocycles. The van der Waals surface area contributed by atoms with Crippen LogP contribution in [0.3, 0.4) is 0 Å². The number of rotatable bonds is 3. The molecule has 2 aromatic carbocycles. The third-order valence-corrected chi connectivity index (χ3v) is 2.52. The number of carboxylic acids is 1. The van der Waals surface area contributed by atoms with E-state index in [9.17, 15) is 9.18 Å². The maximum atomic E-state index is 13.5. The van der Waals surface area contributed by atoms with Crippen LogP contribution < -0.4 is 5.32 Å². The molecule has 0 fully saturated rings. The van der Waals surface area contributed by atoms with Crippen LogP contribution in [-0.4, -0.2) is 11.1 Å². The Morgan fingerprint density at radius 3 is 2.61 bits per heavy atom. The van der Waals surface area contributed by atoms with E-state index in [4.69, 9.17) is 5.11 Å². The fraction of sp³-hybridized carbons (Fsp3) is 0.0714. The highest BCUT2D eigenvalue weighted by molar-refractivity contribution is 5.95. The van der Waals surface area contributed by atoms with Crippen LogP contribution in [0.15, 0.2) is 42.5 Å². The van der Waals surface area contributed by atoms with E-state index in [-0.39, 0.29) is 11.3 Å². The number of anilines is 2. The van der Waals surface area contributed by atoms with Crippen molar-refractivity contribution < 1.29 is 14.3 Å². The first kappa shape index (κ1) is 12.1. The maximum absolute atomic E-state index is 13.5. The minimum absolute atomic E-state index is 0.244. The predicted octanol–water partition coefficient (Wildman–Crippen LogP) is 3.58. The molecule has 0 heterocycles. The lowest BCUT2D eigenvalue weighted by Gasteiger charge is -2.10. The van der Waals surface area contributed by atoms with Crippen molar-refractivity contribution in [1.82, 2.24) is 0 Å². The molecule has 2 aromatic rings. The van der Waals surface area contributed by atoms with Crippen LogP contribution in [0.2, 0.25) is 0 Å². The van der Waals surface area contributed by atoms with Gasteiger partial charge < -0.3 is 10.4 Å². The van der Waals surface area contributed by atoms with Crippen molar-refractivity contribution in [2.45, 2.75) is 6.92 Å². The van der Waals surface area contributed by atoms with Gasteiger partial charge in [-0.2, -0.15) is 0 Å². The Labute approximate surface area is 104 Å². The molecule has 0 saturated carbocycles. The topological polar surface area (TPSA) is 49.3 Å². The number of carboxylic acid groups (broad SMARTS) is 1. The summed E-state index contributed by atoms with van der Waals surface area (Å²) in [5.74, 6) is -2.04. The van der Waals surface area contributed by atoms with Gasteiger partial charge in [-0.15, -0.1) is 0 Å². The quantitative estimate of drug-likeness (QED) is 0.869. The van der Waals surface area contributed by atoms with Crippen molar-refractivity contribution in [1.29, 1.82) is 0 Å². The molecular weight excluding hydrogens is 233 g/mol. The van der Waals surface area contributed by atoms with Crippen molar-refractivity contribution in [3.63, 3.8) is 0 Å². The molecule has 0 spiro atoms. The van der Waals surface area contributed by atoms with Gasteiger partial charge in [-0.3, -0.25) is 0 Å². The zero-order valence-corrected chi connectivity index (χ0v) is 9.77. The van der Waals surface area contributed by atoms with E-state index in [0.717, 1.165) is 17.3 Å². The monoisotopic (exact) mass is 245 g/mol. The Morgan fingerprint density at radius 2 is 1.94 bits per heavy atom. The first-order valence-electron chi connectivity index (χ1n) is 5.43. The van der Waals surface area contributed by atoms with Gasteiger partial charge in [0.1, 0.15) is 11.4 Å². The molecular formula is C14H12FNO2. The van der Waals surface area contributed by atoms with E-state index in [0.29, 0.717) is 0 Å². The molecule has 18 heavy (non-hydrogen) atoms. The summed E-state index contributed by atoms with van der Waals surface area (Å²) in [5.41, 5.74) is 1.66. The van der Waals surface area contributed by atoms with E-state index in [2.05, 4.69) is 5.32 Å². The lowest BCUT2D eigenvalue weighted by Crippen LogP contribution is -2.05. The van der Waals surface area contributed by atoms with E-state index in [1.54, 1.807) is 6.07 Å². The molecule has 0 unspecified atom stereocenters. The fourth-order valence-corrected chi connectivity index (χ4v) is 1.72. The van der Waals surface area contributed by atoms with Gasteiger partial charge in [-0.05, 0) is 36.8 Å². The molecule has 0 amide bonds. The largest absolute Gasteiger partial charge is 0.478 e. The van der Waals surface area contributed by atoms with Gasteiger partial charge in [0.2, 0.25) is 0 Å². The molecule has 0 aromatic heterocycles. The van der Waals surface area contributed by atoms with Crippen LogP contribution in [-0.2, 0) is 0 Å². The van der Waals surface area contributed by atoms with Crippen LogP contribution in [0.4, 0.5) is 15.8 Å². The lowest BCUT2D eigenvalue weighted by molar-refractivity contribution is 0.0693. The zero-order chi connectivity index (χ0) is 13.1. The Morgan fingerprint density at radius 1 is 1.22 bits per heavy atom. The van der Waals surface area contributed by atoms with Crippen LogP contribution >= 0.6 is 0 Å². The number of nitrogens with one attached hydrogen (secondary N) is 1. The van der Waals surface area contributed by atoms with Crippen LogP contribution in [0.25, 0.3) is 0 Å². The first-order valence-corrected chi connectivity index (χ1v) is 5.43. The molecule has 0 atom stereocenters. The molecule has 4 heteroatoms. The van der Waals surface area contributed by atoms with Crippen molar-refractivity contribution in [2.24, 2.45) is 0 Å². The van der Waals surface area contributed by atoms with Gasteiger partial charge in [-0.1, -0.05) is 18.2 Å². The second-order valence-electron chi connectivity index (χ2n) is 3.96. The standard InChI is InChI=1S/C14H12FNO2/c1-9-4-2-5-10(8-9)16-12-7-3-6-11(15)13(12)14(17)18/h2-8,16H,1H3,(H,17,18). The Hall–Kier alpha value is -2.36. The number of benzene rings is 2. The van der Waals surface area contributed by atoms with Crippen LogP contribution in [0, 0.1) is 12.7 Å². The predicted molar refractivity (Wildman–Crippen MR) is 67.8 cm³/mol. The minimum atomic E-state index is -1.29. The van der Waals surface area contributed by atoms with E-state index in [1.807, 2.05) is 25.1 Å². The van der Waals surface area contributed by atoms with Crippen LogP contribution in [0.5, 0.6) is 0 Å². The normalized spacial score (nSPS) is 10.1. The Balaban J connectivity index is 2.40. The summed E-state index contributed by atoms with van der Waals surface area (Å²) < 4.78 is 13.5. The summed E-state index contributed by atoms with van der Waals surface area (Å²) in [6.45, 7) is 1.93. The highest BCUT2D eigenvalue weighted by atomic mass is 19.1. The summed E-state index contributed by atoms with van der Waals surface area (Å²) in [5, 5.41) is 11.9. The molecule has 0 radical (unpaired) electrons. The second-order valence-corrected chi connectivity index (χ2v) is 3.96. The highest BCUT2D eigenvalue weighted by Crippen LogP contribution is 2.23.